The molecule has 0 aromatic heterocycles. The highest BCUT2D eigenvalue weighted by Gasteiger charge is 2.25. The average Bonchev–Trinajstić information content (AvgIpc) is 3.02. The number of carbonyl (C=O) groups excluding carboxylic acids is 2. The SMILES string of the molecule is O=C(c1ccc(OCCc2ccccc2)cc1)N1CCN(C(=O)c2ccc(OCCc3ccccc3)cc2)CC1. The Morgan fingerprint density at radius 2 is 0.850 bits per heavy atom. The van der Waals surface area contributed by atoms with Crippen LogP contribution in [0.1, 0.15) is 31.8 Å². The Bertz CT molecular complexity index is 1260. The van der Waals surface area contributed by atoms with Crippen molar-refractivity contribution in [1.82, 2.24) is 9.80 Å². The van der Waals surface area contributed by atoms with Crippen molar-refractivity contribution in [2.24, 2.45) is 0 Å². The van der Waals surface area contributed by atoms with Crippen molar-refractivity contribution in [3.05, 3.63) is 131 Å². The van der Waals surface area contributed by atoms with Gasteiger partial charge in [-0.3, -0.25) is 9.59 Å². The minimum absolute atomic E-state index is 0.0278. The summed E-state index contributed by atoms with van der Waals surface area (Å²) >= 11 is 0. The molecule has 0 spiro atoms. The Hall–Kier alpha value is -4.58. The molecule has 6 heteroatoms. The monoisotopic (exact) mass is 534 g/mol. The van der Waals surface area contributed by atoms with Crippen molar-refractivity contribution in [3.63, 3.8) is 0 Å². The van der Waals surface area contributed by atoms with Crippen LogP contribution in [0.3, 0.4) is 0 Å². The molecule has 0 bridgehead atoms. The van der Waals surface area contributed by atoms with Crippen LogP contribution in [0.15, 0.2) is 109 Å². The lowest BCUT2D eigenvalue weighted by atomic mass is 10.1. The minimum Gasteiger partial charge on any atom is -0.493 e. The van der Waals surface area contributed by atoms with Gasteiger partial charge in [-0.05, 0) is 59.7 Å². The number of rotatable bonds is 10. The van der Waals surface area contributed by atoms with Crippen molar-refractivity contribution in [2.75, 3.05) is 39.4 Å². The zero-order chi connectivity index (χ0) is 27.6. The fourth-order valence-electron chi connectivity index (χ4n) is 4.73. The number of amides is 2. The van der Waals surface area contributed by atoms with E-state index in [1.807, 2.05) is 60.7 Å². The van der Waals surface area contributed by atoms with Gasteiger partial charge in [-0.25, -0.2) is 0 Å². The molecule has 0 unspecified atom stereocenters. The van der Waals surface area contributed by atoms with Crippen molar-refractivity contribution >= 4 is 11.8 Å². The summed E-state index contributed by atoms with van der Waals surface area (Å²) in [4.78, 5) is 29.7. The molecule has 204 valence electrons. The van der Waals surface area contributed by atoms with E-state index in [1.54, 1.807) is 34.1 Å². The molecule has 1 saturated heterocycles. The first kappa shape index (κ1) is 27.0. The van der Waals surface area contributed by atoms with Crippen LogP contribution >= 0.6 is 0 Å². The fourth-order valence-corrected chi connectivity index (χ4v) is 4.73. The molecule has 4 aromatic rings. The first-order valence-electron chi connectivity index (χ1n) is 13.8. The molecule has 1 aliphatic rings. The third kappa shape index (κ3) is 7.29. The van der Waals surface area contributed by atoms with E-state index in [0.717, 1.165) is 24.3 Å². The number of hydrogen-bond acceptors (Lipinski definition) is 4. The van der Waals surface area contributed by atoms with Crippen LogP contribution in [0.2, 0.25) is 0 Å². The Kier molecular flexibility index (Phi) is 9.09. The van der Waals surface area contributed by atoms with E-state index in [0.29, 0.717) is 50.5 Å². The molecule has 1 heterocycles. The lowest BCUT2D eigenvalue weighted by molar-refractivity contribution is 0.0535. The van der Waals surface area contributed by atoms with E-state index in [4.69, 9.17) is 9.47 Å². The molecule has 6 nitrogen and oxygen atoms in total. The van der Waals surface area contributed by atoms with Crippen LogP contribution in [0.5, 0.6) is 11.5 Å². The largest absolute Gasteiger partial charge is 0.493 e. The van der Waals surface area contributed by atoms with Crippen LogP contribution in [-0.4, -0.2) is 61.0 Å². The second kappa shape index (κ2) is 13.5. The summed E-state index contributed by atoms with van der Waals surface area (Å²) in [5.74, 6) is 1.44. The van der Waals surface area contributed by atoms with Crippen LogP contribution in [-0.2, 0) is 12.8 Å². The van der Waals surface area contributed by atoms with Crippen LogP contribution < -0.4 is 9.47 Å². The topological polar surface area (TPSA) is 59.1 Å². The third-order valence-corrected chi connectivity index (χ3v) is 7.06. The second-order valence-corrected chi connectivity index (χ2v) is 9.80. The molecule has 0 radical (unpaired) electrons. The molecule has 5 rings (SSSR count). The molecule has 1 fully saturated rings. The zero-order valence-electron chi connectivity index (χ0n) is 22.6. The summed E-state index contributed by atoms with van der Waals surface area (Å²) in [7, 11) is 0. The first-order chi connectivity index (χ1) is 19.7. The molecule has 4 aromatic carbocycles. The number of benzene rings is 4. The van der Waals surface area contributed by atoms with Gasteiger partial charge in [0.1, 0.15) is 11.5 Å². The van der Waals surface area contributed by atoms with E-state index in [9.17, 15) is 9.59 Å². The maximum Gasteiger partial charge on any atom is 0.253 e. The quantitative estimate of drug-likeness (QED) is 0.269. The average molecular weight is 535 g/mol. The lowest BCUT2D eigenvalue weighted by Gasteiger charge is -2.35. The van der Waals surface area contributed by atoms with Gasteiger partial charge >= 0.3 is 0 Å². The highest BCUT2D eigenvalue weighted by Crippen LogP contribution is 2.18. The number of ether oxygens (including phenoxy) is 2. The van der Waals surface area contributed by atoms with Crippen molar-refractivity contribution in [2.45, 2.75) is 12.8 Å². The summed E-state index contributed by atoms with van der Waals surface area (Å²) in [6, 6.07) is 35.0. The molecule has 2 amide bonds. The fraction of sp³-hybridized carbons (Fsp3) is 0.235. The van der Waals surface area contributed by atoms with E-state index < -0.39 is 0 Å². The number of nitrogens with zero attached hydrogens (tertiary/aromatic N) is 2. The molecule has 40 heavy (non-hydrogen) atoms. The molecular formula is C34H34N2O4. The second-order valence-electron chi connectivity index (χ2n) is 9.80. The van der Waals surface area contributed by atoms with Crippen LogP contribution in [0.25, 0.3) is 0 Å². The normalized spacial score (nSPS) is 13.1. The molecule has 0 atom stereocenters. The van der Waals surface area contributed by atoms with Gasteiger partial charge in [0.25, 0.3) is 11.8 Å². The van der Waals surface area contributed by atoms with Gasteiger partial charge in [0.05, 0.1) is 13.2 Å². The molecule has 0 N–H and O–H groups in total. The van der Waals surface area contributed by atoms with E-state index >= 15 is 0 Å². The standard InChI is InChI=1S/C34H34N2O4/c37-33(29-11-15-31(16-12-29)39-25-19-27-7-3-1-4-8-27)35-21-23-36(24-22-35)34(38)30-13-17-32(18-14-30)40-26-20-28-9-5-2-6-10-28/h1-18H,19-26H2. The Balaban J connectivity index is 1.05. The summed E-state index contributed by atoms with van der Waals surface area (Å²) in [6.07, 6.45) is 1.66. The van der Waals surface area contributed by atoms with Crippen LogP contribution in [0.4, 0.5) is 0 Å². The van der Waals surface area contributed by atoms with E-state index in [2.05, 4.69) is 24.3 Å². The van der Waals surface area contributed by atoms with Crippen molar-refractivity contribution < 1.29 is 19.1 Å². The minimum atomic E-state index is -0.0278. The van der Waals surface area contributed by atoms with Gasteiger partial charge in [-0.15, -0.1) is 0 Å². The Labute approximate surface area is 235 Å². The predicted molar refractivity (Wildman–Crippen MR) is 156 cm³/mol. The summed E-state index contributed by atoms with van der Waals surface area (Å²) in [5.41, 5.74) is 3.70. The molecule has 0 saturated carbocycles. The van der Waals surface area contributed by atoms with Gasteiger partial charge in [0, 0.05) is 50.1 Å². The Morgan fingerprint density at radius 3 is 1.20 bits per heavy atom. The zero-order valence-corrected chi connectivity index (χ0v) is 22.6. The summed E-state index contributed by atoms with van der Waals surface area (Å²) in [6.45, 7) is 3.16. The van der Waals surface area contributed by atoms with Gasteiger partial charge in [0.2, 0.25) is 0 Å². The number of hydrogen-bond donors (Lipinski definition) is 0. The Morgan fingerprint density at radius 1 is 0.500 bits per heavy atom. The lowest BCUT2D eigenvalue weighted by Crippen LogP contribution is -2.50. The summed E-state index contributed by atoms with van der Waals surface area (Å²) < 4.78 is 11.7. The van der Waals surface area contributed by atoms with Gasteiger partial charge in [-0.2, -0.15) is 0 Å². The molecular weight excluding hydrogens is 500 g/mol. The molecule has 1 aliphatic heterocycles. The van der Waals surface area contributed by atoms with E-state index in [1.165, 1.54) is 11.1 Å². The van der Waals surface area contributed by atoms with Gasteiger partial charge < -0.3 is 19.3 Å². The highest BCUT2D eigenvalue weighted by molar-refractivity contribution is 5.96. The number of piperazine rings is 1. The van der Waals surface area contributed by atoms with Gasteiger partial charge in [-0.1, -0.05) is 60.7 Å². The summed E-state index contributed by atoms with van der Waals surface area (Å²) in [5, 5.41) is 0. The van der Waals surface area contributed by atoms with E-state index in [-0.39, 0.29) is 11.8 Å². The van der Waals surface area contributed by atoms with Gasteiger partial charge in [0.15, 0.2) is 0 Å². The highest BCUT2D eigenvalue weighted by atomic mass is 16.5. The van der Waals surface area contributed by atoms with Crippen LogP contribution in [0, 0.1) is 0 Å². The maximum atomic E-state index is 13.0. The third-order valence-electron chi connectivity index (χ3n) is 7.06. The first-order valence-corrected chi connectivity index (χ1v) is 13.8. The predicted octanol–water partition coefficient (Wildman–Crippen LogP) is 5.53. The smallest absolute Gasteiger partial charge is 0.253 e. The van der Waals surface area contributed by atoms with Crippen molar-refractivity contribution in [1.29, 1.82) is 0 Å². The maximum absolute atomic E-state index is 13.0. The number of carbonyl (C=O) groups is 2. The van der Waals surface area contributed by atoms with Crippen molar-refractivity contribution in [3.8, 4) is 11.5 Å². The molecule has 0 aliphatic carbocycles.